The molecule has 0 bridgehead atoms. The van der Waals surface area contributed by atoms with Gasteiger partial charge < -0.3 is 19.4 Å². The molecule has 1 saturated heterocycles. The second-order valence-electron chi connectivity index (χ2n) is 8.20. The quantitative estimate of drug-likeness (QED) is 0.406. The van der Waals surface area contributed by atoms with Crippen LogP contribution in [0.2, 0.25) is 0 Å². The predicted octanol–water partition coefficient (Wildman–Crippen LogP) is 1.69. The van der Waals surface area contributed by atoms with Gasteiger partial charge in [-0.2, -0.15) is 10.1 Å². The summed E-state index contributed by atoms with van der Waals surface area (Å²) in [5, 5.41) is 7.02. The zero-order chi connectivity index (χ0) is 24.4. The number of aromatic nitrogens is 4. The maximum atomic E-state index is 12.6. The van der Waals surface area contributed by atoms with Crippen LogP contribution in [0, 0.1) is 0 Å². The van der Waals surface area contributed by atoms with E-state index in [-0.39, 0.29) is 18.1 Å². The number of carbonyl (C=O) groups excluding carboxylic acids is 1. The molecule has 0 spiro atoms. The van der Waals surface area contributed by atoms with Gasteiger partial charge in [-0.05, 0) is 5.56 Å². The highest BCUT2D eigenvalue weighted by Gasteiger charge is 2.23. The molecule has 3 aromatic heterocycles. The minimum Gasteiger partial charge on any atom is -0.445 e. The Morgan fingerprint density at radius 2 is 1.89 bits per heavy atom. The average Bonchev–Trinajstić information content (AvgIpc) is 3.51. The van der Waals surface area contributed by atoms with Gasteiger partial charge in [0.25, 0.3) is 11.9 Å². The van der Waals surface area contributed by atoms with E-state index in [1.807, 2.05) is 41.4 Å². The molecule has 1 amide bonds. The predicted molar refractivity (Wildman–Crippen MR) is 129 cm³/mol. The minimum atomic E-state index is -3.20. The molecular formula is C23H24N6O5S. The van der Waals surface area contributed by atoms with Crippen molar-refractivity contribution in [3.8, 4) is 17.1 Å². The van der Waals surface area contributed by atoms with E-state index in [0.29, 0.717) is 49.2 Å². The Hall–Kier alpha value is -3.77. The molecule has 5 rings (SSSR count). The van der Waals surface area contributed by atoms with E-state index in [0.717, 1.165) is 17.4 Å². The first-order valence-corrected chi connectivity index (χ1v) is 13.1. The number of anilines is 1. The summed E-state index contributed by atoms with van der Waals surface area (Å²) in [4.78, 5) is 23.9. The van der Waals surface area contributed by atoms with Crippen molar-refractivity contribution in [1.82, 2.24) is 25.1 Å². The van der Waals surface area contributed by atoms with Crippen LogP contribution in [0.3, 0.4) is 0 Å². The van der Waals surface area contributed by atoms with E-state index in [9.17, 15) is 13.2 Å². The van der Waals surface area contributed by atoms with Crippen molar-refractivity contribution in [3.05, 3.63) is 54.6 Å². The van der Waals surface area contributed by atoms with Crippen molar-refractivity contribution in [2.45, 2.75) is 0 Å². The lowest BCUT2D eigenvalue weighted by Crippen LogP contribution is -2.37. The molecule has 1 fully saturated rings. The van der Waals surface area contributed by atoms with Gasteiger partial charge in [0.2, 0.25) is 0 Å². The van der Waals surface area contributed by atoms with Gasteiger partial charge in [-0.1, -0.05) is 30.3 Å². The van der Waals surface area contributed by atoms with Crippen molar-refractivity contribution in [2.75, 3.05) is 49.8 Å². The lowest BCUT2D eigenvalue weighted by Gasteiger charge is -2.27. The summed E-state index contributed by atoms with van der Waals surface area (Å²) in [6, 6.07) is 11.4. The van der Waals surface area contributed by atoms with Crippen LogP contribution in [0.1, 0.15) is 10.6 Å². The van der Waals surface area contributed by atoms with E-state index in [1.54, 1.807) is 10.9 Å². The molecule has 12 heteroatoms. The summed E-state index contributed by atoms with van der Waals surface area (Å²) in [6.07, 6.45) is 4.70. The Morgan fingerprint density at radius 1 is 1.11 bits per heavy atom. The molecule has 0 radical (unpaired) electrons. The lowest BCUT2D eigenvalue weighted by atomic mass is 10.1. The molecule has 1 aliphatic rings. The van der Waals surface area contributed by atoms with Crippen molar-refractivity contribution >= 4 is 32.7 Å². The third kappa shape index (κ3) is 5.17. The number of nitrogens with one attached hydrogen (secondary N) is 1. The molecule has 35 heavy (non-hydrogen) atoms. The van der Waals surface area contributed by atoms with Gasteiger partial charge >= 0.3 is 0 Å². The Kier molecular flexibility index (Phi) is 6.22. The fourth-order valence-corrected chi connectivity index (χ4v) is 4.23. The van der Waals surface area contributed by atoms with Crippen molar-refractivity contribution in [3.63, 3.8) is 0 Å². The van der Waals surface area contributed by atoms with Crippen LogP contribution in [-0.2, 0) is 14.6 Å². The third-order valence-electron chi connectivity index (χ3n) is 5.53. The maximum absolute atomic E-state index is 12.6. The number of nitrogens with zero attached hydrogens (tertiary/aromatic N) is 5. The number of hydrogen-bond acceptors (Lipinski definition) is 9. The third-order valence-corrected chi connectivity index (χ3v) is 6.48. The molecule has 1 N–H and O–H groups in total. The van der Waals surface area contributed by atoms with Gasteiger partial charge in [0, 0.05) is 43.7 Å². The molecule has 0 saturated carbocycles. The number of morpholine rings is 1. The number of carbonyl (C=O) groups is 1. The van der Waals surface area contributed by atoms with Gasteiger partial charge in [-0.3, -0.25) is 4.79 Å². The van der Waals surface area contributed by atoms with Crippen LogP contribution in [-0.4, -0.2) is 78.9 Å². The van der Waals surface area contributed by atoms with Gasteiger partial charge in [0.05, 0.1) is 25.2 Å². The van der Waals surface area contributed by atoms with Gasteiger partial charge in [0.15, 0.2) is 17.2 Å². The van der Waals surface area contributed by atoms with Crippen molar-refractivity contribution in [1.29, 1.82) is 0 Å². The number of sulfone groups is 1. The van der Waals surface area contributed by atoms with Crippen LogP contribution in [0.4, 0.5) is 5.82 Å². The topological polar surface area (TPSA) is 132 Å². The normalized spacial score (nSPS) is 14.4. The first-order valence-electron chi connectivity index (χ1n) is 11.1. The Labute approximate surface area is 201 Å². The van der Waals surface area contributed by atoms with E-state index in [2.05, 4.69) is 15.4 Å². The summed E-state index contributed by atoms with van der Waals surface area (Å²) in [5.74, 6) is 0.225. The summed E-state index contributed by atoms with van der Waals surface area (Å²) in [7, 11) is -3.20. The Bertz CT molecular complexity index is 1460. The molecule has 11 nitrogen and oxygen atoms in total. The number of furan rings is 1. The zero-order valence-electron chi connectivity index (χ0n) is 19.0. The van der Waals surface area contributed by atoms with Gasteiger partial charge in [0.1, 0.15) is 15.4 Å². The van der Waals surface area contributed by atoms with Crippen LogP contribution >= 0.6 is 0 Å². The number of amides is 1. The number of hydrogen-bond donors (Lipinski definition) is 1. The van der Waals surface area contributed by atoms with E-state index in [4.69, 9.17) is 14.1 Å². The molecule has 4 aromatic rings. The summed E-state index contributed by atoms with van der Waals surface area (Å²) >= 11 is 0. The molecule has 1 aliphatic heterocycles. The summed E-state index contributed by atoms with van der Waals surface area (Å²) < 4.78 is 35.6. The number of ether oxygens (including phenoxy) is 1. The molecule has 0 unspecified atom stereocenters. The molecule has 0 aliphatic carbocycles. The van der Waals surface area contributed by atoms with Crippen LogP contribution in [0.25, 0.3) is 28.2 Å². The fourth-order valence-electron chi connectivity index (χ4n) is 3.76. The molecule has 182 valence electrons. The van der Waals surface area contributed by atoms with Gasteiger partial charge in [-0.15, -0.1) is 0 Å². The monoisotopic (exact) mass is 496 g/mol. The molecular weight excluding hydrogens is 472 g/mol. The number of rotatable bonds is 7. The smallest absolute Gasteiger partial charge is 0.287 e. The average molecular weight is 497 g/mol. The molecule has 0 atom stereocenters. The number of benzene rings is 1. The maximum Gasteiger partial charge on any atom is 0.287 e. The first kappa shape index (κ1) is 23.0. The largest absolute Gasteiger partial charge is 0.445 e. The SMILES string of the molecule is CS(=O)(=O)CCNC(=O)c1cc2nc(-n3cc(-c4ccccc4)cn3)nc(N3CCOCC3)c2o1. The standard InChI is InChI=1S/C23H24N6O5S/c1-35(31,32)12-7-24-22(30)19-13-18-20(34-19)21(28-8-10-33-11-9-28)27-23(26-18)29-15-17(14-25-29)16-5-3-2-4-6-16/h2-6,13-15H,7-12H2,1H3,(H,24,30). The van der Waals surface area contributed by atoms with Crippen LogP contribution in [0.15, 0.2) is 53.2 Å². The Morgan fingerprint density at radius 3 is 2.63 bits per heavy atom. The minimum absolute atomic E-state index is 0.0164. The number of fused-ring (bicyclic) bond motifs is 1. The fraction of sp³-hybridized carbons (Fsp3) is 0.304. The van der Waals surface area contributed by atoms with Crippen molar-refractivity contribution < 1.29 is 22.4 Å². The summed E-state index contributed by atoms with van der Waals surface area (Å²) in [5.41, 5.74) is 2.76. The molecule has 4 heterocycles. The summed E-state index contributed by atoms with van der Waals surface area (Å²) in [6.45, 7) is 2.28. The molecule has 1 aromatic carbocycles. The highest BCUT2D eigenvalue weighted by molar-refractivity contribution is 7.90. The highest BCUT2D eigenvalue weighted by atomic mass is 32.2. The van der Waals surface area contributed by atoms with Crippen molar-refractivity contribution in [2.24, 2.45) is 0 Å². The second kappa shape index (κ2) is 9.47. The van der Waals surface area contributed by atoms with Crippen LogP contribution < -0.4 is 10.2 Å². The van der Waals surface area contributed by atoms with Crippen LogP contribution in [0.5, 0.6) is 0 Å². The van der Waals surface area contributed by atoms with E-state index >= 15 is 0 Å². The van der Waals surface area contributed by atoms with E-state index in [1.165, 1.54) is 6.07 Å². The Balaban J connectivity index is 1.51. The second-order valence-corrected chi connectivity index (χ2v) is 10.5. The first-order chi connectivity index (χ1) is 16.9. The lowest BCUT2D eigenvalue weighted by molar-refractivity contribution is 0.0930. The van der Waals surface area contributed by atoms with E-state index < -0.39 is 15.7 Å². The zero-order valence-corrected chi connectivity index (χ0v) is 19.9. The highest BCUT2D eigenvalue weighted by Crippen LogP contribution is 2.29. The van der Waals surface area contributed by atoms with Gasteiger partial charge in [-0.25, -0.2) is 18.1 Å².